The zero-order valence-corrected chi connectivity index (χ0v) is 7.53. The zero-order valence-electron chi connectivity index (χ0n) is 7.53. The van der Waals surface area contributed by atoms with Crippen LogP contribution < -0.4 is 0 Å². The highest BCUT2D eigenvalue weighted by Crippen LogP contribution is 2.03. The van der Waals surface area contributed by atoms with Gasteiger partial charge in [-0.1, -0.05) is 6.58 Å². The Morgan fingerprint density at radius 2 is 2.08 bits per heavy atom. The van der Waals surface area contributed by atoms with Crippen LogP contribution in [-0.2, 0) is 14.3 Å². The number of aliphatic hydroxyl groups excluding tert-OH is 1. The number of rotatable bonds is 4. The summed E-state index contributed by atoms with van der Waals surface area (Å²) in [6, 6.07) is 0. The van der Waals surface area contributed by atoms with Crippen molar-refractivity contribution in [3.63, 3.8) is 0 Å². The summed E-state index contributed by atoms with van der Waals surface area (Å²) in [6.07, 6.45) is -1.77. The summed E-state index contributed by atoms with van der Waals surface area (Å²) in [5.74, 6) is -0.567. The highest BCUT2D eigenvalue weighted by Gasteiger charge is 2.18. The summed E-state index contributed by atoms with van der Waals surface area (Å²) in [4.78, 5) is 10.9. The Morgan fingerprint density at radius 1 is 1.58 bits per heavy atom. The van der Waals surface area contributed by atoms with Crippen LogP contribution in [0.3, 0.4) is 0 Å². The Hall–Kier alpha value is -0.870. The third-order valence-electron chi connectivity index (χ3n) is 1.20. The minimum absolute atomic E-state index is 0.276. The topological polar surface area (TPSA) is 55.8 Å². The van der Waals surface area contributed by atoms with Gasteiger partial charge in [0, 0.05) is 12.7 Å². The first-order valence-corrected chi connectivity index (χ1v) is 3.56. The maximum Gasteiger partial charge on any atom is 0.335 e. The quantitative estimate of drug-likeness (QED) is 0.382. The molecule has 0 radical (unpaired) electrons. The lowest BCUT2D eigenvalue weighted by atomic mass is 10.3. The molecule has 70 valence electrons. The molecule has 0 aromatic carbocycles. The SMILES string of the molecule is C=C(C)C(=O)OC(OC)C(C)O. The summed E-state index contributed by atoms with van der Waals surface area (Å²) < 4.78 is 9.41. The predicted octanol–water partition coefficient (Wildman–Crippen LogP) is 0.459. The summed E-state index contributed by atoms with van der Waals surface area (Å²) in [5.41, 5.74) is 0.276. The maximum atomic E-state index is 10.9. The molecule has 0 aromatic rings. The summed E-state index contributed by atoms with van der Waals surface area (Å²) in [5, 5.41) is 9.01. The van der Waals surface area contributed by atoms with Gasteiger partial charge in [0.05, 0.1) is 0 Å². The first kappa shape index (κ1) is 11.1. The highest BCUT2D eigenvalue weighted by atomic mass is 16.7. The molecule has 0 aliphatic carbocycles. The lowest BCUT2D eigenvalue weighted by Crippen LogP contribution is -2.30. The molecule has 1 N–H and O–H groups in total. The van der Waals surface area contributed by atoms with Crippen LogP contribution in [-0.4, -0.2) is 30.6 Å². The molecule has 0 fully saturated rings. The Balaban J connectivity index is 4.03. The van der Waals surface area contributed by atoms with Crippen molar-refractivity contribution in [2.75, 3.05) is 7.11 Å². The van der Waals surface area contributed by atoms with Gasteiger partial charge in [-0.15, -0.1) is 0 Å². The molecule has 0 aliphatic heterocycles. The van der Waals surface area contributed by atoms with E-state index in [0.717, 1.165) is 0 Å². The van der Waals surface area contributed by atoms with Gasteiger partial charge in [-0.3, -0.25) is 0 Å². The van der Waals surface area contributed by atoms with Crippen LogP contribution in [0, 0.1) is 0 Å². The number of aliphatic hydroxyl groups is 1. The van der Waals surface area contributed by atoms with Gasteiger partial charge >= 0.3 is 5.97 Å². The second kappa shape index (κ2) is 4.90. The van der Waals surface area contributed by atoms with Crippen molar-refractivity contribution in [1.29, 1.82) is 0 Å². The molecular formula is C8H14O4. The summed E-state index contributed by atoms with van der Waals surface area (Å²) >= 11 is 0. The smallest absolute Gasteiger partial charge is 0.335 e. The normalized spacial score (nSPS) is 15.0. The molecule has 4 heteroatoms. The van der Waals surface area contributed by atoms with Gasteiger partial charge in [0.25, 0.3) is 0 Å². The van der Waals surface area contributed by atoms with Crippen molar-refractivity contribution in [2.45, 2.75) is 26.2 Å². The third kappa shape index (κ3) is 3.50. The Kier molecular flexibility index (Phi) is 4.54. The molecule has 12 heavy (non-hydrogen) atoms. The Morgan fingerprint density at radius 3 is 2.33 bits per heavy atom. The minimum atomic E-state index is -0.922. The molecule has 0 saturated carbocycles. The van der Waals surface area contributed by atoms with E-state index >= 15 is 0 Å². The molecule has 0 spiro atoms. The molecule has 0 rings (SSSR count). The molecule has 2 atom stereocenters. The van der Waals surface area contributed by atoms with Crippen molar-refractivity contribution in [3.05, 3.63) is 12.2 Å². The molecule has 0 saturated heterocycles. The van der Waals surface area contributed by atoms with E-state index in [2.05, 4.69) is 6.58 Å². The first-order chi connectivity index (χ1) is 5.49. The van der Waals surface area contributed by atoms with E-state index in [9.17, 15) is 4.79 Å². The van der Waals surface area contributed by atoms with E-state index in [1.807, 2.05) is 0 Å². The molecule has 0 bridgehead atoms. The van der Waals surface area contributed by atoms with Gasteiger partial charge in [0.1, 0.15) is 6.10 Å². The number of carbonyl (C=O) groups is 1. The van der Waals surface area contributed by atoms with Crippen LogP contribution in [0.15, 0.2) is 12.2 Å². The standard InChI is InChI=1S/C8H14O4/c1-5(2)7(10)12-8(11-4)6(3)9/h6,8-9H,1H2,2-4H3. The van der Waals surface area contributed by atoms with Gasteiger partial charge in [0.15, 0.2) is 0 Å². The van der Waals surface area contributed by atoms with Crippen LogP contribution in [0.25, 0.3) is 0 Å². The van der Waals surface area contributed by atoms with E-state index in [-0.39, 0.29) is 5.57 Å². The van der Waals surface area contributed by atoms with E-state index in [1.54, 1.807) is 0 Å². The van der Waals surface area contributed by atoms with Crippen molar-refractivity contribution in [2.24, 2.45) is 0 Å². The number of ether oxygens (including phenoxy) is 2. The summed E-state index contributed by atoms with van der Waals surface area (Å²) in [7, 11) is 1.35. The van der Waals surface area contributed by atoms with Gasteiger partial charge in [0.2, 0.25) is 6.29 Å². The molecular weight excluding hydrogens is 160 g/mol. The number of carbonyl (C=O) groups excluding carboxylic acids is 1. The number of esters is 1. The monoisotopic (exact) mass is 174 g/mol. The lowest BCUT2D eigenvalue weighted by molar-refractivity contribution is -0.188. The minimum Gasteiger partial charge on any atom is -0.430 e. The van der Waals surface area contributed by atoms with Gasteiger partial charge in [-0.25, -0.2) is 4.79 Å². The van der Waals surface area contributed by atoms with E-state index in [1.165, 1.54) is 21.0 Å². The molecule has 4 nitrogen and oxygen atoms in total. The van der Waals surface area contributed by atoms with Crippen molar-refractivity contribution in [3.8, 4) is 0 Å². The van der Waals surface area contributed by atoms with E-state index in [4.69, 9.17) is 14.6 Å². The van der Waals surface area contributed by atoms with Crippen LogP contribution in [0.4, 0.5) is 0 Å². The number of methoxy groups -OCH3 is 1. The average Bonchev–Trinajstić information content (AvgIpc) is 1.98. The van der Waals surface area contributed by atoms with Crippen molar-refractivity contribution in [1.82, 2.24) is 0 Å². The Bertz CT molecular complexity index is 174. The zero-order chi connectivity index (χ0) is 9.72. The molecule has 0 aromatic heterocycles. The van der Waals surface area contributed by atoms with Crippen LogP contribution >= 0.6 is 0 Å². The third-order valence-corrected chi connectivity index (χ3v) is 1.20. The molecule has 0 heterocycles. The number of hydrogen-bond donors (Lipinski definition) is 1. The Labute approximate surface area is 71.8 Å². The van der Waals surface area contributed by atoms with Crippen molar-refractivity contribution >= 4 is 5.97 Å². The second-order valence-electron chi connectivity index (χ2n) is 2.53. The molecule has 2 unspecified atom stereocenters. The van der Waals surface area contributed by atoms with Crippen LogP contribution in [0.2, 0.25) is 0 Å². The van der Waals surface area contributed by atoms with Gasteiger partial charge in [-0.2, -0.15) is 0 Å². The van der Waals surface area contributed by atoms with Crippen LogP contribution in [0.5, 0.6) is 0 Å². The van der Waals surface area contributed by atoms with Crippen LogP contribution in [0.1, 0.15) is 13.8 Å². The molecule has 0 aliphatic rings. The van der Waals surface area contributed by atoms with Gasteiger partial charge in [-0.05, 0) is 13.8 Å². The first-order valence-electron chi connectivity index (χ1n) is 3.56. The fraction of sp³-hybridized carbons (Fsp3) is 0.625. The van der Waals surface area contributed by atoms with E-state index in [0.29, 0.717) is 0 Å². The maximum absolute atomic E-state index is 10.9. The summed E-state index contributed by atoms with van der Waals surface area (Å²) in [6.45, 7) is 6.39. The molecule has 0 amide bonds. The second-order valence-corrected chi connectivity index (χ2v) is 2.53. The van der Waals surface area contributed by atoms with E-state index < -0.39 is 18.4 Å². The predicted molar refractivity (Wildman–Crippen MR) is 43.4 cm³/mol. The van der Waals surface area contributed by atoms with Crippen molar-refractivity contribution < 1.29 is 19.4 Å². The number of hydrogen-bond acceptors (Lipinski definition) is 4. The fourth-order valence-electron chi connectivity index (χ4n) is 0.550. The lowest BCUT2D eigenvalue weighted by Gasteiger charge is -2.18. The van der Waals surface area contributed by atoms with Gasteiger partial charge < -0.3 is 14.6 Å². The largest absolute Gasteiger partial charge is 0.430 e. The highest BCUT2D eigenvalue weighted by molar-refractivity contribution is 5.87. The fourth-order valence-corrected chi connectivity index (χ4v) is 0.550. The average molecular weight is 174 g/mol.